The van der Waals surface area contributed by atoms with Gasteiger partial charge in [0.15, 0.2) is 0 Å². The molecule has 0 aromatic heterocycles. The molecule has 2 heteroatoms. The van der Waals surface area contributed by atoms with Crippen LogP contribution in [0.1, 0.15) is 40.5 Å². The fourth-order valence-corrected chi connectivity index (χ4v) is 2.34. The maximum atomic E-state index is 5.48. The predicted octanol–water partition coefficient (Wildman–Crippen LogP) is 2.60. The zero-order chi connectivity index (χ0) is 13.6. The molecule has 0 bridgehead atoms. The van der Waals surface area contributed by atoms with E-state index < -0.39 is 0 Å². The van der Waals surface area contributed by atoms with Crippen LogP contribution in [0.3, 0.4) is 0 Å². The largest absolute Gasteiger partial charge is 0.316 e. The van der Waals surface area contributed by atoms with E-state index in [1.807, 2.05) is 0 Å². The number of terminal acetylenes is 1. The standard InChI is InChI=1S/C16H30N2/c1-6-9-18(11-15-7-8-15)13-16(4,5)12-17-10-14(2)3/h1,14-15,17H,7-13H2,2-5H3. The summed E-state index contributed by atoms with van der Waals surface area (Å²) < 4.78 is 0. The van der Waals surface area contributed by atoms with E-state index in [0.717, 1.165) is 32.1 Å². The molecule has 0 heterocycles. The molecule has 0 saturated heterocycles. The molecular formula is C16H30N2. The molecule has 104 valence electrons. The molecule has 0 aliphatic heterocycles. The highest BCUT2D eigenvalue weighted by atomic mass is 15.1. The van der Waals surface area contributed by atoms with Gasteiger partial charge < -0.3 is 5.32 Å². The van der Waals surface area contributed by atoms with Crippen LogP contribution in [0.5, 0.6) is 0 Å². The molecule has 1 N–H and O–H groups in total. The number of hydrogen-bond donors (Lipinski definition) is 1. The van der Waals surface area contributed by atoms with Gasteiger partial charge in [0.25, 0.3) is 0 Å². The van der Waals surface area contributed by atoms with Gasteiger partial charge >= 0.3 is 0 Å². The summed E-state index contributed by atoms with van der Waals surface area (Å²) in [5.41, 5.74) is 0.292. The van der Waals surface area contributed by atoms with Gasteiger partial charge in [-0.15, -0.1) is 6.42 Å². The summed E-state index contributed by atoms with van der Waals surface area (Å²) in [6.45, 7) is 14.4. The summed E-state index contributed by atoms with van der Waals surface area (Å²) in [7, 11) is 0. The summed E-state index contributed by atoms with van der Waals surface area (Å²) in [4.78, 5) is 2.45. The summed E-state index contributed by atoms with van der Waals surface area (Å²) in [6.07, 6.45) is 8.27. The third-order valence-corrected chi connectivity index (χ3v) is 3.34. The predicted molar refractivity (Wildman–Crippen MR) is 79.5 cm³/mol. The minimum Gasteiger partial charge on any atom is -0.316 e. The van der Waals surface area contributed by atoms with Crippen LogP contribution in [0, 0.1) is 29.6 Å². The molecule has 0 spiro atoms. The molecule has 1 fully saturated rings. The second-order valence-corrected chi connectivity index (χ2v) is 7.01. The Morgan fingerprint density at radius 3 is 2.56 bits per heavy atom. The van der Waals surface area contributed by atoms with Crippen molar-refractivity contribution in [1.82, 2.24) is 10.2 Å². The van der Waals surface area contributed by atoms with Crippen LogP contribution in [0.2, 0.25) is 0 Å². The Morgan fingerprint density at radius 1 is 1.39 bits per heavy atom. The van der Waals surface area contributed by atoms with Gasteiger partial charge in [-0.1, -0.05) is 33.6 Å². The molecular weight excluding hydrogens is 220 g/mol. The van der Waals surface area contributed by atoms with Crippen molar-refractivity contribution in [2.24, 2.45) is 17.3 Å². The van der Waals surface area contributed by atoms with Crippen molar-refractivity contribution in [3.8, 4) is 12.3 Å². The van der Waals surface area contributed by atoms with Gasteiger partial charge in [-0.2, -0.15) is 0 Å². The monoisotopic (exact) mass is 250 g/mol. The van der Waals surface area contributed by atoms with Gasteiger partial charge in [0.1, 0.15) is 0 Å². The van der Waals surface area contributed by atoms with Crippen LogP contribution in [-0.2, 0) is 0 Å². The molecule has 1 aliphatic rings. The molecule has 0 radical (unpaired) electrons. The second kappa shape index (κ2) is 7.16. The number of rotatable bonds is 9. The van der Waals surface area contributed by atoms with E-state index in [0.29, 0.717) is 11.3 Å². The first-order valence-electron chi connectivity index (χ1n) is 7.29. The van der Waals surface area contributed by atoms with Crippen LogP contribution < -0.4 is 5.32 Å². The maximum Gasteiger partial charge on any atom is 0.0599 e. The van der Waals surface area contributed by atoms with Crippen molar-refractivity contribution in [3.05, 3.63) is 0 Å². The first-order valence-corrected chi connectivity index (χ1v) is 7.29. The summed E-state index contributed by atoms with van der Waals surface area (Å²) >= 11 is 0. The Labute approximate surface area is 114 Å². The Kier molecular flexibility index (Phi) is 6.18. The smallest absolute Gasteiger partial charge is 0.0599 e. The zero-order valence-electron chi connectivity index (χ0n) is 12.6. The average Bonchev–Trinajstić information content (AvgIpc) is 3.00. The first kappa shape index (κ1) is 15.5. The Bertz CT molecular complexity index is 271. The van der Waals surface area contributed by atoms with Gasteiger partial charge in [-0.3, -0.25) is 4.90 Å². The molecule has 0 aromatic carbocycles. The highest BCUT2D eigenvalue weighted by Crippen LogP contribution is 2.30. The van der Waals surface area contributed by atoms with Crippen molar-refractivity contribution < 1.29 is 0 Å². The fraction of sp³-hybridized carbons (Fsp3) is 0.875. The van der Waals surface area contributed by atoms with E-state index >= 15 is 0 Å². The third kappa shape index (κ3) is 7.03. The number of nitrogens with zero attached hydrogens (tertiary/aromatic N) is 1. The van der Waals surface area contributed by atoms with E-state index in [4.69, 9.17) is 6.42 Å². The Hall–Kier alpha value is -0.520. The molecule has 1 saturated carbocycles. The van der Waals surface area contributed by atoms with Crippen molar-refractivity contribution in [2.45, 2.75) is 40.5 Å². The average molecular weight is 250 g/mol. The minimum absolute atomic E-state index is 0.292. The van der Waals surface area contributed by atoms with Gasteiger partial charge in [-0.05, 0) is 36.6 Å². The summed E-state index contributed by atoms with van der Waals surface area (Å²) in [6, 6.07) is 0. The lowest BCUT2D eigenvalue weighted by Gasteiger charge is -2.32. The van der Waals surface area contributed by atoms with Crippen molar-refractivity contribution in [2.75, 3.05) is 32.7 Å². The van der Waals surface area contributed by atoms with Crippen LogP contribution in [0.4, 0.5) is 0 Å². The van der Waals surface area contributed by atoms with E-state index in [9.17, 15) is 0 Å². The SMILES string of the molecule is C#CCN(CC1CC1)CC(C)(C)CNCC(C)C. The molecule has 1 aliphatic carbocycles. The van der Waals surface area contributed by atoms with Crippen molar-refractivity contribution in [3.63, 3.8) is 0 Å². The molecule has 2 nitrogen and oxygen atoms in total. The van der Waals surface area contributed by atoms with Gasteiger partial charge in [0.2, 0.25) is 0 Å². The van der Waals surface area contributed by atoms with E-state index in [1.54, 1.807) is 0 Å². The highest BCUT2D eigenvalue weighted by molar-refractivity contribution is 4.92. The molecule has 18 heavy (non-hydrogen) atoms. The van der Waals surface area contributed by atoms with Crippen LogP contribution in [0.15, 0.2) is 0 Å². The lowest BCUT2D eigenvalue weighted by molar-refractivity contribution is 0.183. The highest BCUT2D eigenvalue weighted by Gasteiger charge is 2.27. The molecule has 0 amide bonds. The zero-order valence-corrected chi connectivity index (χ0v) is 12.6. The van der Waals surface area contributed by atoms with Gasteiger partial charge in [0.05, 0.1) is 6.54 Å². The van der Waals surface area contributed by atoms with E-state index in [1.165, 1.54) is 19.4 Å². The van der Waals surface area contributed by atoms with Gasteiger partial charge in [0, 0.05) is 19.6 Å². The van der Waals surface area contributed by atoms with E-state index in [2.05, 4.69) is 43.8 Å². The lowest BCUT2D eigenvalue weighted by Crippen LogP contribution is -2.42. The molecule has 0 atom stereocenters. The van der Waals surface area contributed by atoms with Crippen molar-refractivity contribution >= 4 is 0 Å². The normalized spacial score (nSPS) is 16.3. The quantitative estimate of drug-likeness (QED) is 0.633. The Balaban J connectivity index is 2.31. The number of hydrogen-bond acceptors (Lipinski definition) is 2. The van der Waals surface area contributed by atoms with E-state index in [-0.39, 0.29) is 0 Å². The first-order chi connectivity index (χ1) is 8.43. The number of nitrogens with one attached hydrogen (secondary N) is 1. The topological polar surface area (TPSA) is 15.3 Å². The third-order valence-electron chi connectivity index (χ3n) is 3.34. The summed E-state index contributed by atoms with van der Waals surface area (Å²) in [5.74, 6) is 4.43. The van der Waals surface area contributed by atoms with Crippen molar-refractivity contribution in [1.29, 1.82) is 0 Å². The van der Waals surface area contributed by atoms with Crippen LogP contribution in [-0.4, -0.2) is 37.6 Å². The molecule has 1 rings (SSSR count). The molecule has 0 aromatic rings. The van der Waals surface area contributed by atoms with Crippen LogP contribution in [0.25, 0.3) is 0 Å². The van der Waals surface area contributed by atoms with Gasteiger partial charge in [-0.25, -0.2) is 0 Å². The minimum atomic E-state index is 0.292. The van der Waals surface area contributed by atoms with Crippen LogP contribution >= 0.6 is 0 Å². The Morgan fingerprint density at radius 2 is 2.06 bits per heavy atom. The lowest BCUT2D eigenvalue weighted by atomic mass is 9.92. The molecule has 0 unspecified atom stereocenters. The maximum absolute atomic E-state index is 5.48. The second-order valence-electron chi connectivity index (χ2n) is 7.01. The summed E-state index contributed by atoms with van der Waals surface area (Å²) in [5, 5.41) is 3.56. The fourth-order valence-electron chi connectivity index (χ4n) is 2.34.